The van der Waals surface area contributed by atoms with Crippen molar-refractivity contribution in [2.24, 2.45) is 5.41 Å². The first kappa shape index (κ1) is 25.4. The quantitative estimate of drug-likeness (QED) is 0.289. The molecule has 0 aliphatic heterocycles. The van der Waals surface area contributed by atoms with Crippen LogP contribution in [-0.4, -0.2) is 9.97 Å². The molecule has 1 aliphatic carbocycles. The molecule has 1 heterocycles. The monoisotopic (exact) mass is 445 g/mol. The Morgan fingerprint density at radius 2 is 1.45 bits per heavy atom. The Labute approximate surface area is 202 Å². The Balaban J connectivity index is 1.47. The predicted octanol–water partition coefficient (Wildman–Crippen LogP) is 8.79. The smallest absolute Gasteiger partial charge is 0.159 e. The number of benzene rings is 1. The van der Waals surface area contributed by atoms with E-state index in [1.165, 1.54) is 68.9 Å². The summed E-state index contributed by atoms with van der Waals surface area (Å²) in [6, 6.07) is 11.5. The van der Waals surface area contributed by atoms with Gasteiger partial charge in [0.25, 0.3) is 0 Å². The second-order valence-corrected chi connectivity index (χ2v) is 10.2. The van der Waals surface area contributed by atoms with Crippen molar-refractivity contribution < 1.29 is 0 Å². The van der Waals surface area contributed by atoms with Gasteiger partial charge in [0.1, 0.15) is 0 Å². The third-order valence-electron chi connectivity index (χ3n) is 7.60. The van der Waals surface area contributed by atoms with Crippen LogP contribution in [0.1, 0.15) is 121 Å². The zero-order valence-corrected chi connectivity index (χ0v) is 21.0. The van der Waals surface area contributed by atoms with Gasteiger partial charge in [-0.2, -0.15) is 5.26 Å². The molecule has 3 heteroatoms. The number of unbranched alkanes of at least 4 members (excludes halogenated alkanes) is 7. The van der Waals surface area contributed by atoms with Gasteiger partial charge in [0.2, 0.25) is 0 Å². The number of hydrogen-bond acceptors (Lipinski definition) is 3. The van der Waals surface area contributed by atoms with Crippen LogP contribution >= 0.6 is 0 Å². The largest absolute Gasteiger partial charge is 0.236 e. The number of rotatable bonds is 13. The van der Waals surface area contributed by atoms with E-state index < -0.39 is 0 Å². The standard InChI is InChI=1S/C30H43N3/c1-3-5-7-8-9-10-11-12-25-22-32-29(33-23-25)28-15-13-26(14-16-28)27-17-20-30(24-31,21-18-27)19-6-4-2/h13-16,22-23,27H,3-12,17-21H2,1-2H3/t27-,30-. The molecule has 2 aromatic rings. The third-order valence-corrected chi connectivity index (χ3v) is 7.60. The van der Waals surface area contributed by atoms with Gasteiger partial charge in [0.05, 0.1) is 11.5 Å². The van der Waals surface area contributed by atoms with Crippen LogP contribution in [0.15, 0.2) is 36.7 Å². The summed E-state index contributed by atoms with van der Waals surface area (Å²) < 4.78 is 0. The molecule has 0 unspecified atom stereocenters. The van der Waals surface area contributed by atoms with Crippen LogP contribution in [0.5, 0.6) is 0 Å². The molecule has 0 spiro atoms. The van der Waals surface area contributed by atoms with Crippen LogP contribution in [0.3, 0.4) is 0 Å². The van der Waals surface area contributed by atoms with Crippen molar-refractivity contribution in [3.8, 4) is 17.5 Å². The van der Waals surface area contributed by atoms with E-state index in [-0.39, 0.29) is 5.41 Å². The summed E-state index contributed by atoms with van der Waals surface area (Å²) in [4.78, 5) is 9.28. The lowest BCUT2D eigenvalue weighted by Crippen LogP contribution is -2.25. The maximum absolute atomic E-state index is 9.74. The van der Waals surface area contributed by atoms with E-state index in [0.717, 1.165) is 49.9 Å². The maximum atomic E-state index is 9.74. The van der Waals surface area contributed by atoms with Crippen LogP contribution in [0.2, 0.25) is 0 Å². The summed E-state index contributed by atoms with van der Waals surface area (Å²) in [7, 11) is 0. The van der Waals surface area contributed by atoms with Gasteiger partial charge >= 0.3 is 0 Å². The van der Waals surface area contributed by atoms with E-state index in [9.17, 15) is 5.26 Å². The first-order chi connectivity index (χ1) is 16.2. The van der Waals surface area contributed by atoms with Crippen molar-refractivity contribution in [2.45, 2.75) is 116 Å². The second-order valence-electron chi connectivity index (χ2n) is 10.2. The highest BCUT2D eigenvalue weighted by atomic mass is 14.9. The van der Waals surface area contributed by atoms with Gasteiger partial charge < -0.3 is 0 Å². The molecule has 1 fully saturated rings. The minimum absolute atomic E-state index is 0.0723. The van der Waals surface area contributed by atoms with Gasteiger partial charge in [-0.3, -0.25) is 0 Å². The number of hydrogen-bond donors (Lipinski definition) is 0. The Morgan fingerprint density at radius 3 is 2.06 bits per heavy atom. The Kier molecular flexibility index (Phi) is 10.4. The highest BCUT2D eigenvalue weighted by Gasteiger charge is 2.35. The first-order valence-corrected chi connectivity index (χ1v) is 13.5. The molecule has 1 aromatic carbocycles. The molecule has 0 bridgehead atoms. The fourth-order valence-corrected chi connectivity index (χ4v) is 5.26. The van der Waals surface area contributed by atoms with Crippen molar-refractivity contribution in [3.05, 3.63) is 47.8 Å². The van der Waals surface area contributed by atoms with Crippen molar-refractivity contribution >= 4 is 0 Å². The zero-order chi connectivity index (χ0) is 23.4. The Hall–Kier alpha value is -2.21. The van der Waals surface area contributed by atoms with Gasteiger partial charge in [-0.05, 0) is 62.0 Å². The Morgan fingerprint density at radius 1 is 0.848 bits per heavy atom. The predicted molar refractivity (Wildman–Crippen MR) is 138 cm³/mol. The SMILES string of the molecule is CCCCCCCCCc1cnc(-c2ccc([C@H]3CC[C@@](C#N)(CCCC)CC3)cc2)nc1. The van der Waals surface area contributed by atoms with E-state index in [1.807, 2.05) is 12.4 Å². The molecule has 1 aliphatic rings. The third kappa shape index (κ3) is 7.66. The molecule has 3 rings (SSSR count). The zero-order valence-electron chi connectivity index (χ0n) is 21.0. The fourth-order valence-electron chi connectivity index (χ4n) is 5.26. The summed E-state index contributed by atoms with van der Waals surface area (Å²) in [6.07, 6.45) is 22.2. The molecular weight excluding hydrogens is 402 g/mol. The molecule has 0 saturated heterocycles. The topological polar surface area (TPSA) is 49.6 Å². The van der Waals surface area contributed by atoms with E-state index >= 15 is 0 Å². The van der Waals surface area contributed by atoms with Gasteiger partial charge in [-0.25, -0.2) is 9.97 Å². The summed E-state index contributed by atoms with van der Waals surface area (Å²) in [5, 5.41) is 9.74. The number of aromatic nitrogens is 2. The number of nitrogens with zero attached hydrogens (tertiary/aromatic N) is 3. The lowest BCUT2D eigenvalue weighted by molar-refractivity contribution is 0.224. The summed E-state index contributed by atoms with van der Waals surface area (Å²) in [5.74, 6) is 1.39. The van der Waals surface area contributed by atoms with Crippen molar-refractivity contribution in [3.63, 3.8) is 0 Å². The Bertz CT molecular complexity index is 840. The summed E-state index contributed by atoms with van der Waals surface area (Å²) >= 11 is 0. The van der Waals surface area contributed by atoms with Gasteiger partial charge in [0.15, 0.2) is 5.82 Å². The summed E-state index contributed by atoms with van der Waals surface area (Å²) in [5.41, 5.74) is 3.66. The molecule has 1 saturated carbocycles. The first-order valence-electron chi connectivity index (χ1n) is 13.5. The summed E-state index contributed by atoms with van der Waals surface area (Å²) in [6.45, 7) is 4.48. The number of aryl methyl sites for hydroxylation is 1. The van der Waals surface area contributed by atoms with E-state index in [0.29, 0.717) is 5.92 Å². The van der Waals surface area contributed by atoms with Crippen molar-refractivity contribution in [1.29, 1.82) is 5.26 Å². The number of nitriles is 1. The highest BCUT2D eigenvalue weighted by molar-refractivity contribution is 5.55. The van der Waals surface area contributed by atoms with Crippen molar-refractivity contribution in [1.82, 2.24) is 9.97 Å². The van der Waals surface area contributed by atoms with Gasteiger partial charge in [-0.1, -0.05) is 89.5 Å². The van der Waals surface area contributed by atoms with Crippen LogP contribution in [0.4, 0.5) is 0 Å². The molecule has 0 radical (unpaired) electrons. The minimum Gasteiger partial charge on any atom is -0.236 e. The van der Waals surface area contributed by atoms with Crippen LogP contribution in [0.25, 0.3) is 11.4 Å². The maximum Gasteiger partial charge on any atom is 0.159 e. The van der Waals surface area contributed by atoms with E-state index in [4.69, 9.17) is 0 Å². The molecule has 0 N–H and O–H groups in total. The normalized spacial score (nSPS) is 20.5. The highest BCUT2D eigenvalue weighted by Crippen LogP contribution is 2.45. The van der Waals surface area contributed by atoms with Crippen LogP contribution in [-0.2, 0) is 6.42 Å². The average molecular weight is 446 g/mol. The molecule has 1 aromatic heterocycles. The van der Waals surface area contributed by atoms with Gasteiger partial charge in [0, 0.05) is 18.0 Å². The van der Waals surface area contributed by atoms with E-state index in [2.05, 4.69) is 54.2 Å². The molecule has 33 heavy (non-hydrogen) atoms. The van der Waals surface area contributed by atoms with Crippen LogP contribution < -0.4 is 0 Å². The lowest BCUT2D eigenvalue weighted by Gasteiger charge is -2.35. The van der Waals surface area contributed by atoms with Crippen LogP contribution in [0, 0.1) is 16.7 Å². The average Bonchev–Trinajstić information content (AvgIpc) is 2.88. The second kappa shape index (κ2) is 13.5. The molecule has 0 atom stereocenters. The fraction of sp³-hybridized carbons (Fsp3) is 0.633. The molecular formula is C30H43N3. The lowest BCUT2D eigenvalue weighted by atomic mass is 9.67. The van der Waals surface area contributed by atoms with E-state index in [1.54, 1.807) is 0 Å². The van der Waals surface area contributed by atoms with Gasteiger partial charge in [-0.15, -0.1) is 0 Å². The molecule has 0 amide bonds. The molecule has 178 valence electrons. The minimum atomic E-state index is -0.0723. The molecule has 3 nitrogen and oxygen atoms in total. The van der Waals surface area contributed by atoms with Crippen molar-refractivity contribution in [2.75, 3.05) is 0 Å².